The van der Waals surface area contributed by atoms with Gasteiger partial charge in [0.1, 0.15) is 5.03 Å². The van der Waals surface area contributed by atoms with Gasteiger partial charge in [0.2, 0.25) is 0 Å². The molecule has 0 unspecified atom stereocenters. The molecule has 0 atom stereocenters. The molecule has 0 fully saturated rings. The summed E-state index contributed by atoms with van der Waals surface area (Å²) < 4.78 is 0. The van der Waals surface area contributed by atoms with Crippen LogP contribution in [0.3, 0.4) is 0 Å². The highest BCUT2D eigenvalue weighted by atomic mass is 32.2. The molecule has 0 saturated heterocycles. The lowest BCUT2D eigenvalue weighted by atomic mass is 10.1. The molecule has 94 valence electrons. The molecule has 3 nitrogen and oxygen atoms in total. The van der Waals surface area contributed by atoms with Crippen LogP contribution in [0.2, 0.25) is 0 Å². The third kappa shape index (κ3) is 2.54. The average Bonchev–Trinajstić information content (AvgIpc) is 2.37. The molecule has 0 aliphatic carbocycles. The van der Waals surface area contributed by atoms with Gasteiger partial charge in [-0.3, -0.25) is 0 Å². The van der Waals surface area contributed by atoms with E-state index in [4.69, 9.17) is 5.73 Å². The van der Waals surface area contributed by atoms with Crippen LogP contribution in [-0.4, -0.2) is 10.2 Å². The Morgan fingerprint density at radius 2 is 1.83 bits per heavy atom. The summed E-state index contributed by atoms with van der Waals surface area (Å²) in [6.45, 7) is 6.60. The summed E-state index contributed by atoms with van der Waals surface area (Å²) in [6, 6.07) is 8.26. The number of aryl methyl sites for hydroxylation is 2. The molecule has 0 saturated carbocycles. The lowest BCUT2D eigenvalue weighted by molar-refractivity contribution is 0.824. The summed E-state index contributed by atoms with van der Waals surface area (Å²) in [5.74, 6) is 0. The Hall–Kier alpha value is -1.39. The number of nitrogens with two attached hydrogens (primary N) is 1. The number of hydrogen-bond donors (Lipinski definition) is 1. The van der Waals surface area contributed by atoms with E-state index in [9.17, 15) is 0 Å². The van der Waals surface area contributed by atoms with Crippen LogP contribution in [0.25, 0.3) is 0 Å². The Labute approximate surface area is 112 Å². The number of rotatable bonds is 3. The number of benzene rings is 1. The molecule has 1 heterocycles. The van der Waals surface area contributed by atoms with E-state index < -0.39 is 0 Å². The Morgan fingerprint density at radius 3 is 2.50 bits per heavy atom. The highest BCUT2D eigenvalue weighted by Crippen LogP contribution is 2.32. The summed E-state index contributed by atoms with van der Waals surface area (Å²) >= 11 is 1.63. The first kappa shape index (κ1) is 13.1. The zero-order chi connectivity index (χ0) is 13.1. The monoisotopic (exact) mass is 259 g/mol. The van der Waals surface area contributed by atoms with Gasteiger partial charge in [-0.05, 0) is 38.0 Å². The number of nitrogens with zero attached hydrogens (tertiary/aromatic N) is 2. The van der Waals surface area contributed by atoms with Crippen LogP contribution in [0, 0.1) is 20.8 Å². The lowest BCUT2D eigenvalue weighted by Gasteiger charge is -2.11. The zero-order valence-electron chi connectivity index (χ0n) is 10.9. The van der Waals surface area contributed by atoms with Crippen LogP contribution in [0.5, 0.6) is 0 Å². The van der Waals surface area contributed by atoms with Crippen LogP contribution in [0.15, 0.2) is 34.2 Å². The Bertz CT molecular complexity index is 567. The van der Waals surface area contributed by atoms with Crippen molar-refractivity contribution in [2.24, 2.45) is 5.73 Å². The van der Waals surface area contributed by atoms with Gasteiger partial charge in [0.25, 0.3) is 0 Å². The molecule has 18 heavy (non-hydrogen) atoms. The van der Waals surface area contributed by atoms with Crippen molar-refractivity contribution in [3.63, 3.8) is 0 Å². The smallest absolute Gasteiger partial charge is 0.128 e. The summed E-state index contributed by atoms with van der Waals surface area (Å²) in [7, 11) is 0. The van der Waals surface area contributed by atoms with Crippen LogP contribution < -0.4 is 5.73 Å². The van der Waals surface area contributed by atoms with E-state index in [1.54, 1.807) is 11.8 Å². The second-order valence-electron chi connectivity index (χ2n) is 4.27. The van der Waals surface area contributed by atoms with Crippen LogP contribution in [0.4, 0.5) is 0 Å². The fraction of sp³-hybridized carbons (Fsp3) is 0.286. The summed E-state index contributed by atoms with van der Waals surface area (Å²) in [5, 5.41) is 9.38. The van der Waals surface area contributed by atoms with Crippen molar-refractivity contribution in [2.45, 2.75) is 37.2 Å². The maximum Gasteiger partial charge on any atom is 0.128 e. The zero-order valence-corrected chi connectivity index (χ0v) is 11.7. The third-order valence-corrected chi connectivity index (χ3v) is 4.25. The largest absolute Gasteiger partial charge is 0.326 e. The van der Waals surface area contributed by atoms with Crippen molar-refractivity contribution in [2.75, 3.05) is 0 Å². The van der Waals surface area contributed by atoms with Crippen molar-refractivity contribution in [1.82, 2.24) is 10.2 Å². The van der Waals surface area contributed by atoms with Gasteiger partial charge in [-0.2, -0.15) is 5.10 Å². The van der Waals surface area contributed by atoms with Gasteiger partial charge in [-0.15, -0.1) is 5.10 Å². The minimum atomic E-state index is 0.496. The highest BCUT2D eigenvalue weighted by molar-refractivity contribution is 7.99. The number of aromatic nitrogens is 2. The Balaban J connectivity index is 2.41. The molecule has 0 aliphatic heterocycles. The molecule has 0 spiro atoms. The molecule has 1 aromatic heterocycles. The van der Waals surface area contributed by atoms with E-state index >= 15 is 0 Å². The molecule has 2 rings (SSSR count). The predicted octanol–water partition coefficient (Wildman–Crippen LogP) is 3.01. The van der Waals surface area contributed by atoms with Gasteiger partial charge >= 0.3 is 0 Å². The van der Waals surface area contributed by atoms with Crippen LogP contribution in [0.1, 0.15) is 22.4 Å². The van der Waals surface area contributed by atoms with E-state index in [0.717, 1.165) is 21.8 Å². The minimum Gasteiger partial charge on any atom is -0.326 e. The molecule has 0 radical (unpaired) electrons. The van der Waals surface area contributed by atoms with Crippen molar-refractivity contribution in [3.05, 3.63) is 46.6 Å². The van der Waals surface area contributed by atoms with E-state index in [1.165, 1.54) is 10.5 Å². The van der Waals surface area contributed by atoms with Gasteiger partial charge in [0, 0.05) is 17.0 Å². The molecule has 0 aliphatic rings. The maximum absolute atomic E-state index is 5.83. The molecule has 0 bridgehead atoms. The van der Waals surface area contributed by atoms with E-state index in [2.05, 4.69) is 29.3 Å². The second-order valence-corrected chi connectivity index (χ2v) is 5.30. The minimum absolute atomic E-state index is 0.496. The summed E-state index contributed by atoms with van der Waals surface area (Å²) in [6.07, 6.45) is 0. The summed E-state index contributed by atoms with van der Waals surface area (Å²) in [5.41, 5.74) is 10.3. The Morgan fingerprint density at radius 1 is 1.11 bits per heavy atom. The van der Waals surface area contributed by atoms with Crippen molar-refractivity contribution < 1.29 is 0 Å². The molecule has 2 aromatic rings. The van der Waals surface area contributed by atoms with Crippen molar-refractivity contribution >= 4 is 11.8 Å². The predicted molar refractivity (Wildman–Crippen MR) is 74.7 cm³/mol. The van der Waals surface area contributed by atoms with Crippen LogP contribution in [-0.2, 0) is 6.54 Å². The van der Waals surface area contributed by atoms with Gasteiger partial charge in [-0.25, -0.2) is 0 Å². The maximum atomic E-state index is 5.83. The average molecular weight is 259 g/mol. The quantitative estimate of drug-likeness (QED) is 0.920. The van der Waals surface area contributed by atoms with E-state index in [-0.39, 0.29) is 0 Å². The fourth-order valence-electron chi connectivity index (χ4n) is 1.73. The SMILES string of the molecule is Cc1ccccc1Sc1nnc(C)c(C)c1CN. The van der Waals surface area contributed by atoms with E-state index in [0.29, 0.717) is 6.54 Å². The standard InChI is InChI=1S/C14H17N3S/c1-9-6-4-5-7-13(9)18-14-12(8-15)10(2)11(3)16-17-14/h4-7H,8,15H2,1-3H3. The van der Waals surface area contributed by atoms with Gasteiger partial charge < -0.3 is 5.73 Å². The van der Waals surface area contributed by atoms with Gasteiger partial charge in [-0.1, -0.05) is 30.0 Å². The first-order valence-electron chi connectivity index (χ1n) is 5.89. The van der Waals surface area contributed by atoms with Crippen LogP contribution >= 0.6 is 11.8 Å². The Kier molecular flexibility index (Phi) is 3.99. The van der Waals surface area contributed by atoms with Crippen molar-refractivity contribution in [1.29, 1.82) is 0 Å². The fourth-order valence-corrected chi connectivity index (χ4v) is 2.76. The molecule has 4 heteroatoms. The molecule has 2 N–H and O–H groups in total. The van der Waals surface area contributed by atoms with Crippen molar-refractivity contribution in [3.8, 4) is 0 Å². The second kappa shape index (κ2) is 5.50. The van der Waals surface area contributed by atoms with E-state index in [1.807, 2.05) is 26.0 Å². The van der Waals surface area contributed by atoms with Gasteiger partial charge in [0.15, 0.2) is 0 Å². The first-order valence-corrected chi connectivity index (χ1v) is 6.71. The highest BCUT2D eigenvalue weighted by Gasteiger charge is 2.11. The molecule has 1 aromatic carbocycles. The topological polar surface area (TPSA) is 51.8 Å². The summed E-state index contributed by atoms with van der Waals surface area (Å²) in [4.78, 5) is 1.20. The molecular weight excluding hydrogens is 242 g/mol. The third-order valence-electron chi connectivity index (χ3n) is 3.05. The molecule has 0 amide bonds. The number of hydrogen-bond acceptors (Lipinski definition) is 4. The first-order chi connectivity index (χ1) is 8.63. The normalized spacial score (nSPS) is 10.7. The lowest BCUT2D eigenvalue weighted by Crippen LogP contribution is -2.06. The molecular formula is C14H17N3S. The van der Waals surface area contributed by atoms with Gasteiger partial charge in [0.05, 0.1) is 5.69 Å².